The highest BCUT2D eigenvalue weighted by Gasteiger charge is 2.18. The number of nitrogens with zero attached hydrogens (tertiary/aromatic N) is 1. The average molecular weight is 292 g/mol. The minimum Gasteiger partial charge on any atom is -0.493 e. The molecular weight excluding hydrogens is 272 g/mol. The first kappa shape index (κ1) is 15.3. The summed E-state index contributed by atoms with van der Waals surface area (Å²) in [6.45, 7) is 1.99. The largest absolute Gasteiger partial charge is 0.493 e. The zero-order chi connectivity index (χ0) is 15.1. The van der Waals surface area contributed by atoms with Crippen LogP contribution in [0.1, 0.15) is 5.69 Å². The van der Waals surface area contributed by atoms with Crippen molar-refractivity contribution in [1.82, 2.24) is 10.3 Å². The minimum absolute atomic E-state index is 0.593. The average Bonchev–Trinajstić information content (AvgIpc) is 2.98. The lowest BCUT2D eigenvalue weighted by Crippen LogP contribution is -2.19. The molecule has 114 valence electrons. The second-order valence-corrected chi connectivity index (χ2v) is 4.34. The van der Waals surface area contributed by atoms with E-state index in [-0.39, 0.29) is 0 Å². The first-order valence-electron chi connectivity index (χ1n) is 6.65. The molecule has 0 aliphatic rings. The van der Waals surface area contributed by atoms with Crippen LogP contribution in [0.25, 0.3) is 11.3 Å². The van der Waals surface area contributed by atoms with Crippen molar-refractivity contribution in [3.8, 4) is 22.8 Å². The number of ether oxygens (including phenoxy) is 3. The maximum Gasteiger partial charge on any atom is 0.181 e. The molecule has 6 nitrogen and oxygen atoms in total. The van der Waals surface area contributed by atoms with Crippen LogP contribution in [0.5, 0.6) is 11.5 Å². The lowest BCUT2D eigenvalue weighted by atomic mass is 10.1. The van der Waals surface area contributed by atoms with Gasteiger partial charge in [0, 0.05) is 20.2 Å². The van der Waals surface area contributed by atoms with Gasteiger partial charge in [-0.05, 0) is 12.1 Å². The van der Waals surface area contributed by atoms with Gasteiger partial charge in [0.2, 0.25) is 0 Å². The van der Waals surface area contributed by atoms with Gasteiger partial charge in [-0.25, -0.2) is 4.98 Å². The molecule has 0 fully saturated rings. The predicted octanol–water partition coefficient (Wildman–Crippen LogP) is 2.09. The van der Waals surface area contributed by atoms with Crippen LogP contribution in [0, 0.1) is 0 Å². The standard InChI is InChI=1S/C15H20N2O4/c1-18-8-7-16-9-12-14(21-10-17-12)11-5-4-6-13(19-2)15(11)20-3/h4-6,10,16H,7-9H2,1-3H3. The molecule has 21 heavy (non-hydrogen) atoms. The van der Waals surface area contributed by atoms with E-state index in [4.69, 9.17) is 18.6 Å². The first-order chi connectivity index (χ1) is 10.3. The number of aromatic nitrogens is 1. The van der Waals surface area contributed by atoms with E-state index in [0.717, 1.165) is 17.8 Å². The number of methoxy groups -OCH3 is 3. The molecule has 0 unspecified atom stereocenters. The summed E-state index contributed by atoms with van der Waals surface area (Å²) in [4.78, 5) is 4.25. The quantitative estimate of drug-likeness (QED) is 0.752. The molecule has 2 aromatic rings. The summed E-state index contributed by atoms with van der Waals surface area (Å²) in [5, 5.41) is 3.25. The van der Waals surface area contributed by atoms with Gasteiger partial charge in [0.25, 0.3) is 0 Å². The number of para-hydroxylation sites is 1. The Morgan fingerprint density at radius 2 is 2.05 bits per heavy atom. The van der Waals surface area contributed by atoms with Crippen LogP contribution >= 0.6 is 0 Å². The van der Waals surface area contributed by atoms with Gasteiger partial charge in [0.05, 0.1) is 26.4 Å². The van der Waals surface area contributed by atoms with E-state index < -0.39 is 0 Å². The molecular formula is C15H20N2O4. The fourth-order valence-corrected chi connectivity index (χ4v) is 2.06. The lowest BCUT2D eigenvalue weighted by Gasteiger charge is -2.11. The summed E-state index contributed by atoms with van der Waals surface area (Å²) < 4.78 is 21.3. The number of oxazole rings is 1. The summed E-state index contributed by atoms with van der Waals surface area (Å²) in [5.74, 6) is 1.97. The Balaban J connectivity index is 2.24. The molecule has 0 amide bonds. The molecule has 6 heteroatoms. The molecule has 1 heterocycles. The number of benzene rings is 1. The molecule has 1 aromatic heterocycles. The third-order valence-corrected chi connectivity index (χ3v) is 3.06. The molecule has 2 rings (SSSR count). The van der Waals surface area contributed by atoms with E-state index in [9.17, 15) is 0 Å². The van der Waals surface area contributed by atoms with E-state index in [1.807, 2.05) is 18.2 Å². The van der Waals surface area contributed by atoms with E-state index in [1.54, 1.807) is 21.3 Å². The summed E-state index contributed by atoms with van der Waals surface area (Å²) in [6.07, 6.45) is 1.43. The minimum atomic E-state index is 0.593. The Bertz CT molecular complexity index is 569. The second kappa shape index (κ2) is 7.66. The molecule has 0 bridgehead atoms. The highest BCUT2D eigenvalue weighted by Crippen LogP contribution is 2.38. The van der Waals surface area contributed by atoms with Gasteiger partial charge < -0.3 is 23.9 Å². The molecule has 0 aliphatic heterocycles. The van der Waals surface area contributed by atoms with Crippen molar-refractivity contribution < 1.29 is 18.6 Å². The normalized spacial score (nSPS) is 10.6. The van der Waals surface area contributed by atoms with Crippen LogP contribution in [0.2, 0.25) is 0 Å². The predicted molar refractivity (Wildman–Crippen MR) is 78.6 cm³/mol. The monoisotopic (exact) mass is 292 g/mol. The van der Waals surface area contributed by atoms with Gasteiger partial charge in [-0.3, -0.25) is 0 Å². The number of hydrogen-bond acceptors (Lipinski definition) is 6. The summed E-state index contributed by atoms with van der Waals surface area (Å²) in [5.41, 5.74) is 1.63. The van der Waals surface area contributed by atoms with Gasteiger partial charge in [-0.15, -0.1) is 0 Å². The van der Waals surface area contributed by atoms with Gasteiger partial charge in [0.1, 0.15) is 5.69 Å². The van der Waals surface area contributed by atoms with Crippen molar-refractivity contribution >= 4 is 0 Å². The molecule has 0 atom stereocenters. The molecule has 0 saturated carbocycles. The molecule has 0 radical (unpaired) electrons. The lowest BCUT2D eigenvalue weighted by molar-refractivity contribution is 0.199. The molecule has 0 saturated heterocycles. The van der Waals surface area contributed by atoms with E-state index in [1.165, 1.54) is 6.39 Å². The Hall–Kier alpha value is -2.05. The highest BCUT2D eigenvalue weighted by atomic mass is 16.5. The van der Waals surface area contributed by atoms with Crippen LogP contribution in [0.3, 0.4) is 0 Å². The first-order valence-corrected chi connectivity index (χ1v) is 6.65. The molecule has 1 N–H and O–H groups in total. The maximum atomic E-state index is 5.53. The van der Waals surface area contributed by atoms with E-state index >= 15 is 0 Å². The molecule has 1 aromatic carbocycles. The van der Waals surface area contributed by atoms with Crippen LogP contribution in [-0.4, -0.2) is 39.5 Å². The Morgan fingerprint density at radius 3 is 2.76 bits per heavy atom. The number of rotatable bonds is 8. The fourth-order valence-electron chi connectivity index (χ4n) is 2.06. The topological polar surface area (TPSA) is 65.8 Å². The van der Waals surface area contributed by atoms with Crippen molar-refractivity contribution in [2.45, 2.75) is 6.54 Å². The summed E-state index contributed by atoms with van der Waals surface area (Å²) in [7, 11) is 4.88. The van der Waals surface area contributed by atoms with Crippen LogP contribution in [0.4, 0.5) is 0 Å². The second-order valence-electron chi connectivity index (χ2n) is 4.34. The molecule has 0 aliphatic carbocycles. The van der Waals surface area contributed by atoms with Gasteiger partial charge in [0.15, 0.2) is 23.7 Å². The molecule has 0 spiro atoms. The summed E-state index contributed by atoms with van der Waals surface area (Å²) in [6, 6.07) is 5.65. The Labute approximate surface area is 124 Å². The Morgan fingerprint density at radius 1 is 1.19 bits per heavy atom. The van der Waals surface area contributed by atoms with Crippen molar-refractivity contribution in [2.75, 3.05) is 34.5 Å². The fraction of sp³-hybridized carbons (Fsp3) is 0.400. The third-order valence-electron chi connectivity index (χ3n) is 3.06. The summed E-state index contributed by atoms with van der Waals surface area (Å²) >= 11 is 0. The Kier molecular flexibility index (Phi) is 5.59. The number of hydrogen-bond donors (Lipinski definition) is 1. The van der Waals surface area contributed by atoms with Gasteiger partial charge in [-0.2, -0.15) is 0 Å². The van der Waals surface area contributed by atoms with Crippen LogP contribution in [-0.2, 0) is 11.3 Å². The van der Waals surface area contributed by atoms with Crippen molar-refractivity contribution in [2.24, 2.45) is 0 Å². The smallest absolute Gasteiger partial charge is 0.181 e. The van der Waals surface area contributed by atoms with Crippen molar-refractivity contribution in [1.29, 1.82) is 0 Å². The highest BCUT2D eigenvalue weighted by molar-refractivity contribution is 5.71. The zero-order valence-corrected chi connectivity index (χ0v) is 12.5. The number of nitrogens with one attached hydrogen (secondary N) is 1. The van der Waals surface area contributed by atoms with E-state index in [2.05, 4.69) is 10.3 Å². The van der Waals surface area contributed by atoms with Crippen LogP contribution in [0.15, 0.2) is 29.0 Å². The van der Waals surface area contributed by atoms with Crippen LogP contribution < -0.4 is 14.8 Å². The van der Waals surface area contributed by atoms with Crippen molar-refractivity contribution in [3.63, 3.8) is 0 Å². The third kappa shape index (κ3) is 3.53. The maximum absolute atomic E-state index is 5.53. The van der Waals surface area contributed by atoms with Gasteiger partial charge >= 0.3 is 0 Å². The zero-order valence-electron chi connectivity index (χ0n) is 12.5. The SMILES string of the molecule is COCCNCc1ncoc1-c1cccc(OC)c1OC. The van der Waals surface area contributed by atoms with Gasteiger partial charge in [-0.1, -0.05) is 6.07 Å². The van der Waals surface area contributed by atoms with E-state index in [0.29, 0.717) is 30.4 Å². The van der Waals surface area contributed by atoms with Crippen molar-refractivity contribution in [3.05, 3.63) is 30.3 Å².